The normalized spacial score (nSPS) is 11.5. The summed E-state index contributed by atoms with van der Waals surface area (Å²) in [5.74, 6) is -0.0615. The molecule has 1 N–H and O–H groups in total. The van der Waals surface area contributed by atoms with E-state index in [9.17, 15) is 9.59 Å². The lowest BCUT2D eigenvalue weighted by Gasteiger charge is -2.14. The zero-order valence-corrected chi connectivity index (χ0v) is 15.7. The van der Waals surface area contributed by atoms with E-state index in [1.54, 1.807) is 31.4 Å². The van der Waals surface area contributed by atoms with Crippen molar-refractivity contribution in [2.75, 3.05) is 13.7 Å². The van der Waals surface area contributed by atoms with Crippen molar-refractivity contribution in [1.82, 2.24) is 5.32 Å². The van der Waals surface area contributed by atoms with Crippen LogP contribution in [0.15, 0.2) is 53.0 Å². The van der Waals surface area contributed by atoms with E-state index >= 15 is 0 Å². The predicted octanol–water partition coefficient (Wildman–Crippen LogP) is 3.42. The molecule has 0 saturated heterocycles. The number of esters is 1. The minimum absolute atomic E-state index is 0.111. The van der Waals surface area contributed by atoms with E-state index in [1.165, 1.54) is 0 Å². The largest absolute Gasteiger partial charge is 0.497 e. The summed E-state index contributed by atoms with van der Waals surface area (Å²) in [7, 11) is 1.58. The molecule has 6 heteroatoms. The lowest BCUT2D eigenvalue weighted by molar-refractivity contribution is -0.148. The number of hydrogen-bond acceptors (Lipinski definition) is 4. The number of amides is 1. The average molecular weight is 406 g/mol. The number of carbonyl (C=O) groups excluding carboxylic acids is 2. The molecule has 0 aliphatic rings. The highest BCUT2D eigenvalue weighted by Gasteiger charge is 2.12. The topological polar surface area (TPSA) is 64.6 Å². The third kappa shape index (κ3) is 6.23. The van der Waals surface area contributed by atoms with Gasteiger partial charge in [-0.15, -0.1) is 0 Å². The van der Waals surface area contributed by atoms with Crippen molar-refractivity contribution in [3.8, 4) is 5.75 Å². The first-order chi connectivity index (χ1) is 12.0. The molecule has 0 radical (unpaired) electrons. The Hall–Kier alpha value is -2.34. The van der Waals surface area contributed by atoms with Gasteiger partial charge in [0.05, 0.1) is 19.6 Å². The van der Waals surface area contributed by atoms with Gasteiger partial charge >= 0.3 is 5.97 Å². The van der Waals surface area contributed by atoms with Gasteiger partial charge in [0.1, 0.15) is 5.75 Å². The van der Waals surface area contributed by atoms with Gasteiger partial charge in [0.25, 0.3) is 5.91 Å². The summed E-state index contributed by atoms with van der Waals surface area (Å²) in [4.78, 5) is 23.7. The van der Waals surface area contributed by atoms with Crippen LogP contribution < -0.4 is 10.1 Å². The minimum Gasteiger partial charge on any atom is -0.497 e. The molecule has 2 rings (SSSR count). The molecule has 0 aromatic heterocycles. The van der Waals surface area contributed by atoms with Crippen LogP contribution in [0.3, 0.4) is 0 Å². The molecule has 0 heterocycles. The van der Waals surface area contributed by atoms with Gasteiger partial charge in [0, 0.05) is 4.47 Å². The Morgan fingerprint density at radius 2 is 1.72 bits per heavy atom. The summed E-state index contributed by atoms with van der Waals surface area (Å²) in [6.45, 7) is 1.58. The Kier molecular flexibility index (Phi) is 7.01. The van der Waals surface area contributed by atoms with E-state index in [1.807, 2.05) is 31.2 Å². The molecule has 132 valence electrons. The van der Waals surface area contributed by atoms with Gasteiger partial charge in [0.2, 0.25) is 0 Å². The van der Waals surface area contributed by atoms with Crippen LogP contribution in [0, 0.1) is 0 Å². The molecule has 0 spiro atoms. The lowest BCUT2D eigenvalue weighted by atomic mass is 10.1. The number of carbonyl (C=O) groups is 2. The van der Waals surface area contributed by atoms with Crippen LogP contribution in [0.25, 0.3) is 0 Å². The van der Waals surface area contributed by atoms with Crippen LogP contribution in [-0.4, -0.2) is 25.6 Å². The Labute approximate surface area is 155 Å². The highest BCUT2D eigenvalue weighted by Crippen LogP contribution is 2.16. The van der Waals surface area contributed by atoms with E-state index in [0.717, 1.165) is 21.3 Å². The van der Waals surface area contributed by atoms with Crippen molar-refractivity contribution in [1.29, 1.82) is 0 Å². The molecule has 0 aliphatic carbocycles. The number of hydrogen-bond donors (Lipinski definition) is 1. The number of benzene rings is 2. The summed E-state index contributed by atoms with van der Waals surface area (Å²) in [5.41, 5.74) is 1.77. The van der Waals surface area contributed by atoms with Crippen LogP contribution in [-0.2, 0) is 20.7 Å². The molecule has 0 bridgehead atoms. The molecule has 0 fully saturated rings. The Balaban J connectivity index is 1.76. The maximum Gasteiger partial charge on any atom is 0.310 e. The average Bonchev–Trinajstić information content (AvgIpc) is 2.61. The van der Waals surface area contributed by atoms with Gasteiger partial charge in [-0.05, 0) is 42.3 Å². The van der Waals surface area contributed by atoms with Gasteiger partial charge in [-0.3, -0.25) is 9.59 Å². The zero-order valence-electron chi connectivity index (χ0n) is 14.1. The third-order valence-corrected chi connectivity index (χ3v) is 4.15. The summed E-state index contributed by atoms with van der Waals surface area (Å²) in [6.07, 6.45) is 0.111. The molecular formula is C19H20BrNO4. The fourth-order valence-electron chi connectivity index (χ4n) is 2.23. The first-order valence-corrected chi connectivity index (χ1v) is 8.60. The summed E-state index contributed by atoms with van der Waals surface area (Å²) in [6, 6.07) is 14.6. The molecule has 25 heavy (non-hydrogen) atoms. The smallest absolute Gasteiger partial charge is 0.310 e. The first-order valence-electron chi connectivity index (χ1n) is 7.81. The zero-order chi connectivity index (χ0) is 18.2. The highest BCUT2D eigenvalue weighted by molar-refractivity contribution is 9.10. The summed E-state index contributed by atoms with van der Waals surface area (Å²) < 4.78 is 11.1. The number of nitrogens with one attached hydrogen (secondary N) is 1. The molecule has 1 atom stereocenters. The molecule has 0 unspecified atom stereocenters. The first kappa shape index (κ1) is 19.0. The van der Waals surface area contributed by atoms with Crippen LogP contribution in [0.4, 0.5) is 0 Å². The van der Waals surface area contributed by atoms with Crippen LogP contribution >= 0.6 is 15.9 Å². The molecule has 5 nitrogen and oxygen atoms in total. The van der Waals surface area contributed by atoms with E-state index in [2.05, 4.69) is 21.2 Å². The molecule has 0 saturated carbocycles. The van der Waals surface area contributed by atoms with Gasteiger partial charge < -0.3 is 14.8 Å². The van der Waals surface area contributed by atoms with E-state index < -0.39 is 5.97 Å². The fraction of sp³-hybridized carbons (Fsp3) is 0.263. The summed E-state index contributed by atoms with van der Waals surface area (Å²) >= 11 is 3.37. The predicted molar refractivity (Wildman–Crippen MR) is 98.4 cm³/mol. The van der Waals surface area contributed by atoms with Crippen LogP contribution in [0.5, 0.6) is 5.75 Å². The highest BCUT2D eigenvalue weighted by atomic mass is 79.9. The standard InChI is InChI=1S/C19H20BrNO4/c1-13(15-5-7-16(20)8-6-15)21-18(22)12-25-19(23)11-14-3-9-17(24-2)10-4-14/h3-10,13H,11-12H2,1-2H3,(H,21,22)/t13-/m0/s1. The number of methoxy groups -OCH3 is 1. The van der Waals surface area contributed by atoms with Gasteiger partial charge in [-0.1, -0.05) is 40.2 Å². The Bertz CT molecular complexity index is 713. The molecule has 1 amide bonds. The monoisotopic (exact) mass is 405 g/mol. The molecular weight excluding hydrogens is 386 g/mol. The SMILES string of the molecule is COc1ccc(CC(=O)OCC(=O)N[C@@H](C)c2ccc(Br)cc2)cc1. The maximum atomic E-state index is 11.9. The van der Waals surface area contributed by atoms with E-state index in [-0.39, 0.29) is 25.0 Å². The van der Waals surface area contributed by atoms with E-state index in [0.29, 0.717) is 0 Å². The second-order valence-corrected chi connectivity index (χ2v) is 6.44. The van der Waals surface area contributed by atoms with Crippen molar-refractivity contribution in [2.24, 2.45) is 0 Å². The second kappa shape index (κ2) is 9.22. The van der Waals surface area contributed by atoms with Crippen molar-refractivity contribution in [3.63, 3.8) is 0 Å². The number of ether oxygens (including phenoxy) is 2. The van der Waals surface area contributed by atoms with Gasteiger partial charge in [0.15, 0.2) is 6.61 Å². The number of rotatable bonds is 7. The van der Waals surface area contributed by atoms with Crippen LogP contribution in [0.1, 0.15) is 24.1 Å². The van der Waals surface area contributed by atoms with Gasteiger partial charge in [-0.2, -0.15) is 0 Å². The number of halogens is 1. The maximum absolute atomic E-state index is 11.9. The van der Waals surface area contributed by atoms with Crippen molar-refractivity contribution in [2.45, 2.75) is 19.4 Å². The van der Waals surface area contributed by atoms with Crippen molar-refractivity contribution < 1.29 is 19.1 Å². The Morgan fingerprint density at radius 3 is 2.32 bits per heavy atom. The van der Waals surface area contributed by atoms with Gasteiger partial charge in [-0.25, -0.2) is 0 Å². The molecule has 0 aliphatic heterocycles. The fourth-order valence-corrected chi connectivity index (χ4v) is 2.49. The van der Waals surface area contributed by atoms with Crippen LogP contribution in [0.2, 0.25) is 0 Å². The van der Waals surface area contributed by atoms with E-state index in [4.69, 9.17) is 9.47 Å². The quantitative estimate of drug-likeness (QED) is 0.716. The van der Waals surface area contributed by atoms with Crippen molar-refractivity contribution in [3.05, 3.63) is 64.1 Å². The molecule has 2 aromatic rings. The minimum atomic E-state index is -0.448. The summed E-state index contributed by atoms with van der Waals surface area (Å²) in [5, 5.41) is 2.80. The third-order valence-electron chi connectivity index (χ3n) is 3.62. The second-order valence-electron chi connectivity index (χ2n) is 5.53. The lowest BCUT2D eigenvalue weighted by Crippen LogP contribution is -2.31. The molecule has 2 aromatic carbocycles. The Morgan fingerprint density at radius 1 is 1.08 bits per heavy atom. The van der Waals surface area contributed by atoms with Crippen molar-refractivity contribution >= 4 is 27.8 Å².